The minimum absolute atomic E-state index is 0.00637. The van der Waals surface area contributed by atoms with E-state index in [9.17, 15) is 14.4 Å². The van der Waals surface area contributed by atoms with Gasteiger partial charge in [-0.25, -0.2) is 4.79 Å². The van der Waals surface area contributed by atoms with Crippen LogP contribution in [-0.4, -0.2) is 53.7 Å². The maximum atomic E-state index is 12.7. The highest BCUT2D eigenvalue weighted by Gasteiger charge is 2.29. The fourth-order valence-corrected chi connectivity index (χ4v) is 4.98. The van der Waals surface area contributed by atoms with Gasteiger partial charge in [-0.15, -0.1) is 0 Å². The summed E-state index contributed by atoms with van der Waals surface area (Å²) in [7, 11) is 0. The van der Waals surface area contributed by atoms with E-state index in [0.717, 1.165) is 30.4 Å². The maximum absolute atomic E-state index is 12.7. The van der Waals surface area contributed by atoms with Crippen LogP contribution < -0.4 is 5.32 Å². The van der Waals surface area contributed by atoms with Gasteiger partial charge in [-0.05, 0) is 47.9 Å². The molecule has 1 aliphatic heterocycles. The van der Waals surface area contributed by atoms with Crippen molar-refractivity contribution >= 4 is 18.0 Å². The molecule has 0 spiro atoms. The number of nitrogens with one attached hydrogen (secondary N) is 1. The maximum Gasteiger partial charge on any atom is 0.407 e. The minimum atomic E-state index is -0.843. The smallest absolute Gasteiger partial charge is 0.407 e. The Morgan fingerprint density at radius 1 is 0.970 bits per heavy atom. The van der Waals surface area contributed by atoms with Crippen molar-refractivity contribution < 1.29 is 24.2 Å². The van der Waals surface area contributed by atoms with Crippen molar-refractivity contribution in [3.8, 4) is 11.1 Å². The fraction of sp³-hybridized carbons (Fsp3) is 0.423. The lowest BCUT2D eigenvalue weighted by atomic mass is 9.97. The van der Waals surface area contributed by atoms with Gasteiger partial charge in [0.1, 0.15) is 6.61 Å². The molecule has 2 amide bonds. The van der Waals surface area contributed by atoms with Crippen LogP contribution in [0.4, 0.5) is 4.79 Å². The summed E-state index contributed by atoms with van der Waals surface area (Å²) in [6, 6.07) is 16.3. The van der Waals surface area contributed by atoms with Crippen LogP contribution in [0.5, 0.6) is 0 Å². The summed E-state index contributed by atoms with van der Waals surface area (Å²) in [6.45, 7) is 1.07. The number of piperidine rings is 1. The van der Waals surface area contributed by atoms with Gasteiger partial charge in [0.25, 0.3) is 0 Å². The van der Waals surface area contributed by atoms with E-state index in [1.54, 1.807) is 4.90 Å². The lowest BCUT2D eigenvalue weighted by molar-refractivity contribution is -0.140. The number of rotatable bonds is 8. The molecule has 1 saturated heterocycles. The van der Waals surface area contributed by atoms with Gasteiger partial charge in [0.05, 0.1) is 0 Å². The van der Waals surface area contributed by atoms with Crippen molar-refractivity contribution in [3.05, 3.63) is 59.7 Å². The standard InChI is InChI=1S/C26H30N2O5/c29-24(28-16-6-5-7-18(28)12-13-25(30)31)14-15-27-26(32)33-17-23-21-10-3-1-8-19(21)20-9-2-4-11-22(20)23/h1-4,8-11,18,23H,5-7,12-17H2,(H,27,32)(H,30,31). The molecule has 2 aromatic rings. The van der Waals surface area contributed by atoms with Gasteiger partial charge in [0, 0.05) is 37.9 Å². The topological polar surface area (TPSA) is 95.9 Å². The van der Waals surface area contributed by atoms with E-state index < -0.39 is 12.1 Å². The fourth-order valence-electron chi connectivity index (χ4n) is 4.98. The van der Waals surface area contributed by atoms with E-state index >= 15 is 0 Å². The summed E-state index contributed by atoms with van der Waals surface area (Å²) in [5.74, 6) is -0.901. The predicted octanol–water partition coefficient (Wildman–Crippen LogP) is 4.16. The molecular weight excluding hydrogens is 420 g/mol. The van der Waals surface area contributed by atoms with Crippen molar-refractivity contribution in [2.24, 2.45) is 0 Å². The van der Waals surface area contributed by atoms with E-state index in [2.05, 4.69) is 29.6 Å². The molecular formula is C26H30N2O5. The number of carbonyl (C=O) groups is 3. The number of nitrogens with zero attached hydrogens (tertiary/aromatic N) is 1. The van der Waals surface area contributed by atoms with E-state index in [4.69, 9.17) is 9.84 Å². The largest absolute Gasteiger partial charge is 0.481 e. The Morgan fingerprint density at radius 3 is 2.30 bits per heavy atom. The lowest BCUT2D eigenvalue weighted by Crippen LogP contribution is -2.45. The summed E-state index contributed by atoms with van der Waals surface area (Å²) in [4.78, 5) is 37.6. The van der Waals surface area contributed by atoms with Crippen molar-refractivity contribution in [1.29, 1.82) is 0 Å². The second-order valence-electron chi connectivity index (χ2n) is 8.67. The molecule has 1 unspecified atom stereocenters. The van der Waals surface area contributed by atoms with Crippen molar-refractivity contribution in [3.63, 3.8) is 0 Å². The molecule has 0 saturated carbocycles. The molecule has 2 aromatic carbocycles. The highest BCUT2D eigenvalue weighted by molar-refractivity contribution is 5.79. The summed E-state index contributed by atoms with van der Waals surface area (Å²) in [5, 5.41) is 11.6. The third-order valence-electron chi connectivity index (χ3n) is 6.59. The average molecular weight is 451 g/mol. The summed E-state index contributed by atoms with van der Waals surface area (Å²) in [6.07, 6.45) is 2.94. The molecule has 33 heavy (non-hydrogen) atoms. The lowest BCUT2D eigenvalue weighted by Gasteiger charge is -2.35. The van der Waals surface area contributed by atoms with Gasteiger partial charge in [-0.1, -0.05) is 48.5 Å². The number of hydrogen-bond donors (Lipinski definition) is 2. The van der Waals surface area contributed by atoms with E-state index in [1.807, 2.05) is 24.3 Å². The first kappa shape index (κ1) is 22.8. The number of carbonyl (C=O) groups excluding carboxylic acids is 2. The van der Waals surface area contributed by atoms with Gasteiger partial charge in [-0.2, -0.15) is 0 Å². The Kier molecular flexibility index (Phi) is 7.27. The molecule has 2 N–H and O–H groups in total. The number of aliphatic carboxylic acids is 1. The van der Waals surface area contributed by atoms with Gasteiger partial charge >= 0.3 is 12.1 Å². The molecule has 1 fully saturated rings. The van der Waals surface area contributed by atoms with Crippen LogP contribution in [0.3, 0.4) is 0 Å². The molecule has 7 heteroatoms. The number of fused-ring (bicyclic) bond motifs is 3. The number of carboxylic acids is 1. The zero-order valence-corrected chi connectivity index (χ0v) is 18.7. The van der Waals surface area contributed by atoms with Crippen LogP contribution in [0.1, 0.15) is 55.6 Å². The number of carboxylic acid groups (broad SMARTS) is 1. The summed E-state index contributed by atoms with van der Waals surface area (Å²) >= 11 is 0. The third kappa shape index (κ3) is 5.35. The Balaban J connectivity index is 1.25. The van der Waals surface area contributed by atoms with Crippen LogP contribution in [-0.2, 0) is 14.3 Å². The molecule has 1 atom stereocenters. The molecule has 1 aliphatic carbocycles. The zero-order valence-electron chi connectivity index (χ0n) is 18.7. The van der Waals surface area contributed by atoms with Gasteiger partial charge < -0.3 is 20.1 Å². The summed E-state index contributed by atoms with van der Waals surface area (Å²) in [5.41, 5.74) is 4.65. The molecule has 174 valence electrons. The van der Waals surface area contributed by atoms with Gasteiger partial charge in [0.15, 0.2) is 0 Å². The minimum Gasteiger partial charge on any atom is -0.481 e. The van der Waals surface area contributed by atoms with Crippen molar-refractivity contribution in [2.45, 2.75) is 50.5 Å². The summed E-state index contributed by atoms with van der Waals surface area (Å²) < 4.78 is 5.51. The van der Waals surface area contributed by atoms with Crippen LogP contribution >= 0.6 is 0 Å². The van der Waals surface area contributed by atoms with Gasteiger partial charge in [-0.3, -0.25) is 9.59 Å². The highest BCUT2D eigenvalue weighted by Crippen LogP contribution is 2.44. The monoisotopic (exact) mass is 450 g/mol. The molecule has 0 aromatic heterocycles. The number of likely N-dealkylation sites (tertiary alicyclic amines) is 1. The third-order valence-corrected chi connectivity index (χ3v) is 6.59. The molecule has 7 nitrogen and oxygen atoms in total. The molecule has 2 aliphatic rings. The van der Waals surface area contributed by atoms with Crippen LogP contribution in [0.2, 0.25) is 0 Å². The van der Waals surface area contributed by atoms with Crippen LogP contribution in [0, 0.1) is 0 Å². The quantitative estimate of drug-likeness (QED) is 0.630. The Labute approximate surface area is 193 Å². The molecule has 0 bridgehead atoms. The van der Waals surface area contributed by atoms with Gasteiger partial charge in [0.2, 0.25) is 5.91 Å². The second kappa shape index (κ2) is 10.5. The van der Waals surface area contributed by atoms with E-state index in [1.165, 1.54) is 11.1 Å². The highest BCUT2D eigenvalue weighted by atomic mass is 16.5. The average Bonchev–Trinajstić information content (AvgIpc) is 3.15. The Bertz CT molecular complexity index is 976. The SMILES string of the molecule is O=C(O)CCC1CCCCN1C(=O)CCNC(=O)OCC1c2ccccc2-c2ccccc21. The van der Waals surface area contributed by atoms with E-state index in [-0.39, 0.29) is 43.9 Å². The van der Waals surface area contributed by atoms with E-state index in [0.29, 0.717) is 13.0 Å². The first-order chi connectivity index (χ1) is 16.0. The number of alkyl carbamates (subject to hydrolysis) is 1. The Morgan fingerprint density at radius 2 is 1.64 bits per heavy atom. The number of ether oxygens (including phenoxy) is 1. The number of amides is 2. The predicted molar refractivity (Wildman–Crippen MR) is 124 cm³/mol. The Hall–Kier alpha value is -3.35. The normalized spacial score (nSPS) is 17.2. The number of benzene rings is 2. The molecule has 1 heterocycles. The number of hydrogen-bond acceptors (Lipinski definition) is 4. The van der Waals surface area contributed by atoms with Crippen molar-refractivity contribution in [1.82, 2.24) is 10.2 Å². The zero-order chi connectivity index (χ0) is 23.2. The van der Waals surface area contributed by atoms with Crippen LogP contribution in [0.25, 0.3) is 11.1 Å². The molecule has 0 radical (unpaired) electrons. The first-order valence-electron chi connectivity index (χ1n) is 11.6. The second-order valence-corrected chi connectivity index (χ2v) is 8.67. The first-order valence-corrected chi connectivity index (χ1v) is 11.6. The van der Waals surface area contributed by atoms with Crippen molar-refractivity contribution in [2.75, 3.05) is 19.7 Å². The van der Waals surface area contributed by atoms with Crippen LogP contribution in [0.15, 0.2) is 48.5 Å². The molecule has 4 rings (SSSR count).